The Bertz CT molecular complexity index is 347. The Hall–Kier alpha value is -0.900. The van der Waals surface area contributed by atoms with Crippen molar-refractivity contribution in [2.24, 2.45) is 5.73 Å². The van der Waals surface area contributed by atoms with Crippen LogP contribution in [0.5, 0.6) is 0 Å². The molecule has 112 valence electrons. The molecule has 3 nitrogen and oxygen atoms in total. The molecule has 0 spiro atoms. The molecule has 0 bridgehead atoms. The number of nitrogens with two attached hydrogens (primary N) is 1. The van der Waals surface area contributed by atoms with Gasteiger partial charge in [-0.1, -0.05) is 30.3 Å². The van der Waals surface area contributed by atoms with Gasteiger partial charge in [0, 0.05) is 26.2 Å². The second-order valence-corrected chi connectivity index (χ2v) is 5.68. The van der Waals surface area contributed by atoms with Crippen molar-refractivity contribution >= 4 is 0 Å². The highest BCUT2D eigenvalue weighted by atomic mass is 16.5. The number of rotatable bonds is 8. The van der Waals surface area contributed by atoms with Crippen LogP contribution >= 0.6 is 0 Å². The second kappa shape index (κ2) is 9.11. The third-order valence-corrected chi connectivity index (χ3v) is 3.99. The molecule has 0 atom stereocenters. The van der Waals surface area contributed by atoms with Crippen LogP contribution < -0.4 is 5.73 Å². The van der Waals surface area contributed by atoms with Gasteiger partial charge in [0.15, 0.2) is 0 Å². The van der Waals surface area contributed by atoms with Crippen LogP contribution in [0.4, 0.5) is 0 Å². The standard InChI is InChI=1S/C17H28N2O/c18-11-5-2-6-14-20-17-9-12-19(13-10-17)15-16-7-3-1-4-8-16/h1,3-4,7-8,17H,2,5-6,9-15,18H2. The summed E-state index contributed by atoms with van der Waals surface area (Å²) < 4.78 is 5.96. The van der Waals surface area contributed by atoms with Crippen LogP contribution in [0.3, 0.4) is 0 Å². The van der Waals surface area contributed by atoms with Gasteiger partial charge in [-0.05, 0) is 44.2 Å². The second-order valence-electron chi connectivity index (χ2n) is 5.68. The zero-order valence-electron chi connectivity index (χ0n) is 12.5. The molecule has 0 amide bonds. The Labute approximate surface area is 123 Å². The molecule has 0 aliphatic carbocycles. The molecule has 2 rings (SSSR count). The smallest absolute Gasteiger partial charge is 0.0599 e. The Morgan fingerprint density at radius 2 is 1.80 bits per heavy atom. The average Bonchev–Trinajstić information content (AvgIpc) is 2.50. The largest absolute Gasteiger partial charge is 0.378 e. The van der Waals surface area contributed by atoms with Gasteiger partial charge in [0.2, 0.25) is 0 Å². The molecule has 2 N–H and O–H groups in total. The maximum atomic E-state index is 5.96. The van der Waals surface area contributed by atoms with E-state index in [1.165, 1.54) is 24.8 Å². The molecule has 20 heavy (non-hydrogen) atoms. The fourth-order valence-electron chi connectivity index (χ4n) is 2.75. The van der Waals surface area contributed by atoms with E-state index in [1.54, 1.807) is 0 Å². The summed E-state index contributed by atoms with van der Waals surface area (Å²) in [6.45, 7) is 5.09. The Morgan fingerprint density at radius 1 is 1.05 bits per heavy atom. The lowest BCUT2D eigenvalue weighted by Gasteiger charge is -2.32. The van der Waals surface area contributed by atoms with Gasteiger partial charge in [-0.25, -0.2) is 0 Å². The number of ether oxygens (including phenoxy) is 1. The van der Waals surface area contributed by atoms with Gasteiger partial charge < -0.3 is 10.5 Å². The van der Waals surface area contributed by atoms with Gasteiger partial charge in [-0.15, -0.1) is 0 Å². The zero-order chi connectivity index (χ0) is 14.0. The van der Waals surface area contributed by atoms with Crippen LogP contribution in [-0.2, 0) is 11.3 Å². The molecule has 1 saturated heterocycles. The predicted molar refractivity (Wildman–Crippen MR) is 83.6 cm³/mol. The lowest BCUT2D eigenvalue weighted by molar-refractivity contribution is 0.00434. The van der Waals surface area contributed by atoms with Crippen molar-refractivity contribution < 1.29 is 4.74 Å². The third kappa shape index (κ3) is 5.61. The molecule has 1 aromatic rings. The van der Waals surface area contributed by atoms with Crippen molar-refractivity contribution in [2.45, 2.75) is 44.8 Å². The van der Waals surface area contributed by atoms with E-state index >= 15 is 0 Å². The molecule has 1 fully saturated rings. The van der Waals surface area contributed by atoms with Crippen molar-refractivity contribution in [3.8, 4) is 0 Å². The van der Waals surface area contributed by atoms with Crippen LogP contribution in [0.2, 0.25) is 0 Å². The quantitative estimate of drug-likeness (QED) is 0.742. The summed E-state index contributed by atoms with van der Waals surface area (Å²) in [5, 5.41) is 0. The van der Waals surface area contributed by atoms with Crippen LogP contribution in [0.1, 0.15) is 37.7 Å². The lowest BCUT2D eigenvalue weighted by atomic mass is 10.1. The van der Waals surface area contributed by atoms with E-state index in [-0.39, 0.29) is 0 Å². The van der Waals surface area contributed by atoms with Gasteiger partial charge in [0.25, 0.3) is 0 Å². The summed E-state index contributed by atoms with van der Waals surface area (Å²) in [4.78, 5) is 2.53. The fourth-order valence-corrected chi connectivity index (χ4v) is 2.75. The molecular weight excluding hydrogens is 248 g/mol. The summed E-state index contributed by atoms with van der Waals surface area (Å²) in [5.41, 5.74) is 6.90. The third-order valence-electron chi connectivity index (χ3n) is 3.99. The van der Waals surface area contributed by atoms with Crippen molar-refractivity contribution in [1.82, 2.24) is 4.90 Å². The maximum Gasteiger partial charge on any atom is 0.0599 e. The molecular formula is C17H28N2O. The summed E-state index contributed by atoms with van der Waals surface area (Å²) in [7, 11) is 0. The monoisotopic (exact) mass is 276 g/mol. The molecule has 1 aromatic carbocycles. The number of likely N-dealkylation sites (tertiary alicyclic amines) is 1. The number of benzene rings is 1. The fraction of sp³-hybridized carbons (Fsp3) is 0.647. The number of nitrogens with zero attached hydrogens (tertiary/aromatic N) is 1. The molecule has 0 radical (unpaired) electrons. The predicted octanol–water partition coefficient (Wildman–Crippen LogP) is 2.80. The van der Waals surface area contributed by atoms with Crippen LogP contribution in [0.25, 0.3) is 0 Å². The number of piperidine rings is 1. The first-order valence-corrected chi connectivity index (χ1v) is 7.96. The lowest BCUT2D eigenvalue weighted by Crippen LogP contribution is -2.36. The summed E-state index contributed by atoms with van der Waals surface area (Å²) in [5.74, 6) is 0. The first-order chi connectivity index (χ1) is 9.88. The molecule has 1 aliphatic rings. The van der Waals surface area contributed by atoms with E-state index in [2.05, 4.69) is 35.2 Å². The minimum Gasteiger partial charge on any atom is -0.378 e. The average molecular weight is 276 g/mol. The minimum atomic E-state index is 0.472. The Kier molecular flexibility index (Phi) is 7.06. The van der Waals surface area contributed by atoms with E-state index < -0.39 is 0 Å². The summed E-state index contributed by atoms with van der Waals surface area (Å²) >= 11 is 0. The van der Waals surface area contributed by atoms with Crippen molar-refractivity contribution in [2.75, 3.05) is 26.2 Å². The molecule has 3 heteroatoms. The zero-order valence-corrected chi connectivity index (χ0v) is 12.5. The van der Waals surface area contributed by atoms with Gasteiger partial charge in [-0.2, -0.15) is 0 Å². The molecule has 1 heterocycles. The highest BCUT2D eigenvalue weighted by Gasteiger charge is 2.19. The highest BCUT2D eigenvalue weighted by molar-refractivity contribution is 5.14. The van der Waals surface area contributed by atoms with Gasteiger partial charge >= 0.3 is 0 Å². The Morgan fingerprint density at radius 3 is 2.50 bits per heavy atom. The first kappa shape index (κ1) is 15.5. The van der Waals surface area contributed by atoms with E-state index in [0.29, 0.717) is 6.10 Å². The van der Waals surface area contributed by atoms with Crippen molar-refractivity contribution in [3.63, 3.8) is 0 Å². The van der Waals surface area contributed by atoms with E-state index in [0.717, 1.165) is 45.6 Å². The van der Waals surface area contributed by atoms with Crippen LogP contribution in [0.15, 0.2) is 30.3 Å². The summed E-state index contributed by atoms with van der Waals surface area (Å²) in [6, 6.07) is 10.7. The van der Waals surface area contributed by atoms with Crippen molar-refractivity contribution in [3.05, 3.63) is 35.9 Å². The molecule has 0 unspecified atom stereocenters. The number of unbranched alkanes of at least 4 members (excludes halogenated alkanes) is 2. The first-order valence-electron chi connectivity index (χ1n) is 7.96. The van der Waals surface area contributed by atoms with E-state index in [9.17, 15) is 0 Å². The maximum absolute atomic E-state index is 5.96. The molecule has 0 aromatic heterocycles. The van der Waals surface area contributed by atoms with Crippen molar-refractivity contribution in [1.29, 1.82) is 0 Å². The minimum absolute atomic E-state index is 0.472. The van der Waals surface area contributed by atoms with Crippen LogP contribution in [-0.4, -0.2) is 37.2 Å². The van der Waals surface area contributed by atoms with Crippen LogP contribution in [0, 0.1) is 0 Å². The molecule has 0 saturated carbocycles. The highest BCUT2D eigenvalue weighted by Crippen LogP contribution is 2.16. The van der Waals surface area contributed by atoms with Gasteiger partial charge in [0.05, 0.1) is 6.10 Å². The number of hydrogen-bond donors (Lipinski definition) is 1. The van der Waals surface area contributed by atoms with Gasteiger partial charge in [0.1, 0.15) is 0 Å². The SMILES string of the molecule is NCCCCCOC1CCN(Cc2ccccc2)CC1. The van der Waals surface area contributed by atoms with E-state index in [1.807, 2.05) is 0 Å². The number of hydrogen-bond acceptors (Lipinski definition) is 3. The van der Waals surface area contributed by atoms with E-state index in [4.69, 9.17) is 10.5 Å². The normalized spacial score (nSPS) is 17.4. The van der Waals surface area contributed by atoms with Gasteiger partial charge in [-0.3, -0.25) is 4.90 Å². The summed E-state index contributed by atoms with van der Waals surface area (Å²) in [6.07, 6.45) is 6.29. The topological polar surface area (TPSA) is 38.5 Å². The molecule has 1 aliphatic heterocycles. The Balaban J connectivity index is 1.58.